The van der Waals surface area contributed by atoms with E-state index in [1.807, 2.05) is 0 Å². The molecule has 1 amide bonds. The molecule has 0 spiro atoms. The molecule has 4 N–H and O–H groups in total. The van der Waals surface area contributed by atoms with Crippen molar-refractivity contribution in [1.82, 2.24) is 5.32 Å². The van der Waals surface area contributed by atoms with Gasteiger partial charge in [-0.1, -0.05) is 52.4 Å². The van der Waals surface area contributed by atoms with E-state index in [1.165, 1.54) is 32.1 Å². The second-order valence-corrected chi connectivity index (χ2v) is 6.82. The van der Waals surface area contributed by atoms with Crippen molar-refractivity contribution in [3.05, 3.63) is 0 Å². The molecule has 6 heteroatoms. The highest BCUT2D eigenvalue weighted by molar-refractivity contribution is 5.72. The van der Waals surface area contributed by atoms with Crippen molar-refractivity contribution in [2.45, 2.75) is 90.5 Å². The lowest BCUT2D eigenvalue weighted by molar-refractivity contribution is -0.138. The molecule has 0 radical (unpaired) electrons. The van der Waals surface area contributed by atoms with E-state index in [0.717, 1.165) is 19.3 Å². The minimum atomic E-state index is -0.982. The second kappa shape index (κ2) is 16.2. The molecule has 25 heavy (non-hydrogen) atoms. The van der Waals surface area contributed by atoms with Gasteiger partial charge in [0.2, 0.25) is 0 Å². The number of carbonyl (C=O) groups is 2. The molecular formula is C19H38N2O4. The van der Waals surface area contributed by atoms with Crippen LogP contribution >= 0.6 is 0 Å². The lowest BCUT2D eigenvalue weighted by atomic mass is 9.96. The molecule has 0 aromatic heterocycles. The topological polar surface area (TPSA) is 102 Å². The van der Waals surface area contributed by atoms with E-state index in [1.54, 1.807) is 0 Å². The van der Waals surface area contributed by atoms with E-state index in [-0.39, 0.29) is 6.09 Å². The number of hydrogen-bond donors (Lipinski definition) is 3. The third kappa shape index (κ3) is 14.7. The summed E-state index contributed by atoms with van der Waals surface area (Å²) in [5, 5.41) is 11.4. The summed E-state index contributed by atoms with van der Waals surface area (Å²) in [4.78, 5) is 22.3. The zero-order valence-corrected chi connectivity index (χ0v) is 16.1. The van der Waals surface area contributed by atoms with Gasteiger partial charge < -0.3 is 20.9 Å². The highest BCUT2D eigenvalue weighted by Crippen LogP contribution is 2.17. The fourth-order valence-electron chi connectivity index (χ4n) is 2.71. The fourth-order valence-corrected chi connectivity index (χ4v) is 2.71. The minimum Gasteiger partial charge on any atom is -0.480 e. The van der Waals surface area contributed by atoms with E-state index < -0.39 is 12.0 Å². The normalized spacial score (nSPS) is 13.2. The van der Waals surface area contributed by atoms with E-state index in [2.05, 4.69) is 19.2 Å². The predicted octanol–water partition coefficient (Wildman–Crippen LogP) is 4.07. The summed E-state index contributed by atoms with van der Waals surface area (Å²) in [6.07, 6.45) is 11.0. The Hall–Kier alpha value is -1.30. The van der Waals surface area contributed by atoms with Gasteiger partial charge in [-0.2, -0.15) is 0 Å². The quantitative estimate of drug-likeness (QED) is 0.361. The number of nitrogens with one attached hydrogen (secondary N) is 1. The van der Waals surface area contributed by atoms with Crippen molar-refractivity contribution in [3.8, 4) is 0 Å². The molecule has 0 bridgehead atoms. The number of carboxylic acids is 1. The average molecular weight is 359 g/mol. The SMILES string of the molecule is CCCCCCC(CCCC)COC(=O)NCCCC[C@H](N)C(=O)O. The maximum Gasteiger partial charge on any atom is 0.407 e. The van der Waals surface area contributed by atoms with E-state index >= 15 is 0 Å². The smallest absolute Gasteiger partial charge is 0.407 e. The molecule has 0 saturated heterocycles. The molecule has 0 rings (SSSR count). The molecule has 148 valence electrons. The summed E-state index contributed by atoms with van der Waals surface area (Å²) < 4.78 is 5.36. The molecule has 6 nitrogen and oxygen atoms in total. The van der Waals surface area contributed by atoms with Crippen LogP contribution < -0.4 is 11.1 Å². The largest absolute Gasteiger partial charge is 0.480 e. The van der Waals surface area contributed by atoms with Crippen LogP contribution in [-0.2, 0) is 9.53 Å². The molecule has 0 heterocycles. The van der Waals surface area contributed by atoms with Gasteiger partial charge in [-0.15, -0.1) is 0 Å². The molecule has 0 aliphatic rings. The number of amides is 1. The Balaban J connectivity index is 3.82. The van der Waals surface area contributed by atoms with Crippen LogP contribution in [0.3, 0.4) is 0 Å². The third-order valence-corrected chi connectivity index (χ3v) is 4.41. The van der Waals surface area contributed by atoms with Crippen molar-refractivity contribution in [2.24, 2.45) is 11.7 Å². The van der Waals surface area contributed by atoms with Gasteiger partial charge in [0.15, 0.2) is 0 Å². The Morgan fingerprint density at radius 2 is 1.60 bits per heavy atom. The second-order valence-electron chi connectivity index (χ2n) is 6.82. The number of nitrogens with two attached hydrogens (primary N) is 1. The summed E-state index contributed by atoms with van der Waals surface area (Å²) in [5.41, 5.74) is 5.43. The van der Waals surface area contributed by atoms with Gasteiger partial charge in [0.1, 0.15) is 6.04 Å². The highest BCUT2D eigenvalue weighted by Gasteiger charge is 2.12. The summed E-state index contributed by atoms with van der Waals surface area (Å²) in [5.74, 6) is -0.527. The number of alkyl carbamates (subject to hydrolysis) is 1. The number of unbranched alkanes of at least 4 members (excludes halogenated alkanes) is 5. The molecule has 0 aliphatic heterocycles. The van der Waals surface area contributed by atoms with E-state index in [0.29, 0.717) is 38.3 Å². The maximum atomic E-state index is 11.8. The Morgan fingerprint density at radius 1 is 0.960 bits per heavy atom. The first kappa shape index (κ1) is 23.7. The zero-order chi connectivity index (χ0) is 18.9. The van der Waals surface area contributed by atoms with Crippen molar-refractivity contribution < 1.29 is 19.4 Å². The van der Waals surface area contributed by atoms with Gasteiger partial charge in [0, 0.05) is 6.54 Å². The molecule has 0 saturated carbocycles. The zero-order valence-electron chi connectivity index (χ0n) is 16.1. The lowest BCUT2D eigenvalue weighted by Crippen LogP contribution is -2.30. The lowest BCUT2D eigenvalue weighted by Gasteiger charge is -2.17. The molecule has 0 fully saturated rings. The van der Waals surface area contributed by atoms with E-state index in [9.17, 15) is 9.59 Å². The first-order chi connectivity index (χ1) is 12.0. The number of aliphatic carboxylic acids is 1. The van der Waals surface area contributed by atoms with Crippen LogP contribution in [0.2, 0.25) is 0 Å². The summed E-state index contributed by atoms with van der Waals surface area (Å²) in [6, 6.07) is -0.820. The van der Waals surface area contributed by atoms with Crippen LogP contribution in [0.4, 0.5) is 4.79 Å². The van der Waals surface area contributed by atoms with Crippen LogP contribution in [0, 0.1) is 5.92 Å². The summed E-state index contributed by atoms with van der Waals surface area (Å²) in [7, 11) is 0. The van der Waals surface area contributed by atoms with Crippen LogP contribution in [0.15, 0.2) is 0 Å². The van der Waals surface area contributed by atoms with Gasteiger partial charge >= 0.3 is 12.1 Å². The number of carboxylic acid groups (broad SMARTS) is 1. The molecule has 0 aliphatic carbocycles. The van der Waals surface area contributed by atoms with Gasteiger partial charge in [-0.05, 0) is 38.0 Å². The van der Waals surface area contributed by atoms with Crippen LogP contribution in [-0.4, -0.2) is 36.4 Å². The van der Waals surface area contributed by atoms with Gasteiger partial charge in [-0.25, -0.2) is 4.79 Å². The van der Waals surface area contributed by atoms with Crippen molar-refractivity contribution in [1.29, 1.82) is 0 Å². The number of hydrogen-bond acceptors (Lipinski definition) is 4. The van der Waals surface area contributed by atoms with Crippen molar-refractivity contribution in [3.63, 3.8) is 0 Å². The molecule has 1 unspecified atom stereocenters. The number of ether oxygens (including phenoxy) is 1. The molecule has 0 aromatic carbocycles. The van der Waals surface area contributed by atoms with E-state index in [4.69, 9.17) is 15.6 Å². The van der Waals surface area contributed by atoms with Gasteiger partial charge in [0.25, 0.3) is 0 Å². The predicted molar refractivity (Wildman–Crippen MR) is 101 cm³/mol. The Labute approximate surface area is 152 Å². The standard InChI is InChI=1S/C19H38N2O4/c1-3-5-7-8-12-16(11-6-4-2)15-25-19(24)21-14-10-9-13-17(20)18(22)23/h16-17H,3-15,20H2,1-2H3,(H,21,24)(H,22,23)/t16?,17-/m0/s1. The van der Waals surface area contributed by atoms with Crippen LogP contribution in [0.25, 0.3) is 0 Å². The molecule has 2 atom stereocenters. The first-order valence-electron chi connectivity index (χ1n) is 9.90. The first-order valence-corrected chi connectivity index (χ1v) is 9.90. The highest BCUT2D eigenvalue weighted by atomic mass is 16.5. The Bertz CT molecular complexity index is 350. The number of carbonyl (C=O) groups excluding carboxylic acids is 1. The Morgan fingerprint density at radius 3 is 2.24 bits per heavy atom. The molecular weight excluding hydrogens is 320 g/mol. The third-order valence-electron chi connectivity index (χ3n) is 4.41. The summed E-state index contributed by atoms with van der Waals surface area (Å²) >= 11 is 0. The van der Waals surface area contributed by atoms with Crippen molar-refractivity contribution >= 4 is 12.1 Å². The molecule has 0 aromatic rings. The van der Waals surface area contributed by atoms with Crippen molar-refractivity contribution in [2.75, 3.05) is 13.2 Å². The van der Waals surface area contributed by atoms with Crippen LogP contribution in [0.5, 0.6) is 0 Å². The van der Waals surface area contributed by atoms with Gasteiger partial charge in [0.05, 0.1) is 6.61 Å². The maximum absolute atomic E-state index is 11.8. The minimum absolute atomic E-state index is 0.377. The Kier molecular flexibility index (Phi) is 15.3. The number of rotatable bonds is 16. The fraction of sp³-hybridized carbons (Fsp3) is 0.895. The summed E-state index contributed by atoms with van der Waals surface area (Å²) in [6.45, 7) is 5.36. The van der Waals surface area contributed by atoms with Gasteiger partial charge in [-0.3, -0.25) is 4.79 Å². The average Bonchev–Trinajstić information content (AvgIpc) is 2.59. The van der Waals surface area contributed by atoms with Crippen LogP contribution in [0.1, 0.15) is 84.5 Å². The monoisotopic (exact) mass is 358 g/mol.